The number of allylic oxidation sites excluding steroid dienone is 1. The standard InChI is InChI=1S/C15H27NS/c16-15(12-17-14-10-6-7-11-14)13-8-4-2-1-3-5-9-13/h8,14-15H,1-7,9-12,16H2. The molecule has 0 aliphatic heterocycles. The van der Waals surface area contributed by atoms with Gasteiger partial charge in [-0.05, 0) is 38.5 Å². The Labute approximate surface area is 111 Å². The molecule has 1 unspecified atom stereocenters. The first kappa shape index (κ1) is 13.5. The molecule has 0 saturated heterocycles. The van der Waals surface area contributed by atoms with Gasteiger partial charge < -0.3 is 5.73 Å². The number of thioether (sulfide) groups is 1. The lowest BCUT2D eigenvalue weighted by molar-refractivity contribution is 0.606. The second-order valence-electron chi connectivity index (χ2n) is 5.58. The van der Waals surface area contributed by atoms with Crippen LogP contribution in [0.4, 0.5) is 0 Å². The van der Waals surface area contributed by atoms with Gasteiger partial charge in [0.15, 0.2) is 0 Å². The fraction of sp³-hybridized carbons (Fsp3) is 0.867. The molecule has 0 aromatic rings. The summed E-state index contributed by atoms with van der Waals surface area (Å²) in [6, 6.07) is 0.332. The van der Waals surface area contributed by atoms with E-state index in [1.807, 2.05) is 0 Å². The van der Waals surface area contributed by atoms with E-state index in [9.17, 15) is 0 Å². The van der Waals surface area contributed by atoms with Gasteiger partial charge in [-0.3, -0.25) is 0 Å². The second-order valence-corrected chi connectivity index (χ2v) is 6.91. The van der Waals surface area contributed by atoms with Gasteiger partial charge in [0.25, 0.3) is 0 Å². The van der Waals surface area contributed by atoms with Crippen molar-refractivity contribution in [2.24, 2.45) is 5.73 Å². The third-order valence-electron chi connectivity index (χ3n) is 4.12. The minimum Gasteiger partial charge on any atom is -0.324 e. The summed E-state index contributed by atoms with van der Waals surface area (Å²) in [4.78, 5) is 0. The van der Waals surface area contributed by atoms with Gasteiger partial charge in [-0.2, -0.15) is 11.8 Å². The van der Waals surface area contributed by atoms with Gasteiger partial charge in [0.05, 0.1) is 0 Å². The Morgan fingerprint density at radius 1 is 1.12 bits per heavy atom. The van der Waals surface area contributed by atoms with Crippen LogP contribution in [-0.2, 0) is 0 Å². The highest BCUT2D eigenvalue weighted by molar-refractivity contribution is 7.99. The lowest BCUT2D eigenvalue weighted by atomic mass is 9.96. The number of hydrogen-bond acceptors (Lipinski definition) is 2. The molecule has 98 valence electrons. The van der Waals surface area contributed by atoms with Crippen LogP contribution in [0.1, 0.15) is 64.2 Å². The quantitative estimate of drug-likeness (QED) is 0.757. The van der Waals surface area contributed by atoms with Gasteiger partial charge in [-0.15, -0.1) is 0 Å². The maximum absolute atomic E-state index is 6.36. The molecule has 0 aromatic carbocycles. The molecule has 0 bridgehead atoms. The normalized spacial score (nSPS) is 25.1. The average Bonchev–Trinajstić information content (AvgIpc) is 2.78. The summed E-state index contributed by atoms with van der Waals surface area (Å²) in [5.41, 5.74) is 7.91. The van der Waals surface area contributed by atoms with E-state index in [2.05, 4.69) is 17.8 Å². The third kappa shape index (κ3) is 4.67. The summed E-state index contributed by atoms with van der Waals surface area (Å²) in [7, 11) is 0. The smallest absolute Gasteiger partial charge is 0.0345 e. The second kappa shape index (κ2) is 7.48. The molecule has 2 N–H and O–H groups in total. The Bertz CT molecular complexity index is 243. The van der Waals surface area contributed by atoms with Crippen molar-refractivity contribution in [1.82, 2.24) is 0 Å². The molecule has 2 heteroatoms. The largest absolute Gasteiger partial charge is 0.324 e. The zero-order valence-corrected chi connectivity index (χ0v) is 11.8. The van der Waals surface area contributed by atoms with E-state index in [0.29, 0.717) is 6.04 Å². The first-order chi connectivity index (χ1) is 8.36. The fourth-order valence-corrected chi connectivity index (χ4v) is 4.32. The number of rotatable bonds is 4. The highest BCUT2D eigenvalue weighted by atomic mass is 32.2. The molecule has 2 aliphatic carbocycles. The minimum absolute atomic E-state index is 0.332. The average molecular weight is 253 g/mol. The van der Waals surface area contributed by atoms with E-state index in [1.54, 1.807) is 5.57 Å². The zero-order valence-electron chi connectivity index (χ0n) is 11.0. The first-order valence-corrected chi connectivity index (χ1v) is 8.47. The van der Waals surface area contributed by atoms with Crippen molar-refractivity contribution in [1.29, 1.82) is 0 Å². The Hall–Kier alpha value is 0.0500. The summed E-state index contributed by atoms with van der Waals surface area (Å²) in [6.07, 6.45) is 16.2. The highest BCUT2D eigenvalue weighted by Crippen LogP contribution is 2.30. The van der Waals surface area contributed by atoms with E-state index in [-0.39, 0.29) is 0 Å². The lowest BCUT2D eigenvalue weighted by Crippen LogP contribution is -2.26. The Balaban J connectivity index is 1.74. The van der Waals surface area contributed by atoms with E-state index in [4.69, 9.17) is 5.73 Å². The van der Waals surface area contributed by atoms with Crippen molar-refractivity contribution in [2.75, 3.05) is 5.75 Å². The van der Waals surface area contributed by atoms with Crippen LogP contribution in [-0.4, -0.2) is 17.0 Å². The molecule has 0 amide bonds. The zero-order chi connectivity index (χ0) is 11.9. The third-order valence-corrected chi connectivity index (χ3v) is 5.61. The van der Waals surface area contributed by atoms with Gasteiger partial charge in [-0.1, -0.05) is 37.3 Å². The van der Waals surface area contributed by atoms with Crippen LogP contribution >= 0.6 is 11.8 Å². The molecule has 1 nitrogen and oxygen atoms in total. The Kier molecular flexibility index (Phi) is 5.93. The van der Waals surface area contributed by atoms with Crippen LogP contribution in [0.3, 0.4) is 0 Å². The van der Waals surface area contributed by atoms with Gasteiger partial charge in [0.1, 0.15) is 0 Å². The summed E-state index contributed by atoms with van der Waals surface area (Å²) in [5, 5.41) is 0.912. The van der Waals surface area contributed by atoms with Gasteiger partial charge in [0.2, 0.25) is 0 Å². The summed E-state index contributed by atoms with van der Waals surface area (Å²) in [6.45, 7) is 0. The SMILES string of the molecule is NC(CSC1CCCC1)C1=CCCCCCC1. The monoisotopic (exact) mass is 253 g/mol. The van der Waals surface area contributed by atoms with E-state index in [0.717, 1.165) is 11.0 Å². The van der Waals surface area contributed by atoms with Crippen molar-refractivity contribution in [3.8, 4) is 0 Å². The molecule has 0 radical (unpaired) electrons. The van der Waals surface area contributed by atoms with Crippen LogP contribution in [0.2, 0.25) is 0 Å². The number of hydrogen-bond donors (Lipinski definition) is 1. The first-order valence-electron chi connectivity index (χ1n) is 7.42. The van der Waals surface area contributed by atoms with Crippen molar-refractivity contribution in [3.05, 3.63) is 11.6 Å². The van der Waals surface area contributed by atoms with Crippen LogP contribution in [0.25, 0.3) is 0 Å². The molecule has 1 atom stereocenters. The van der Waals surface area contributed by atoms with Crippen molar-refractivity contribution >= 4 is 11.8 Å². The van der Waals surface area contributed by atoms with Gasteiger partial charge in [-0.25, -0.2) is 0 Å². The molecule has 1 saturated carbocycles. The molecule has 0 heterocycles. The molecular weight excluding hydrogens is 226 g/mol. The molecule has 1 fully saturated rings. The fourth-order valence-electron chi connectivity index (χ4n) is 2.96. The van der Waals surface area contributed by atoms with Gasteiger partial charge >= 0.3 is 0 Å². The highest BCUT2D eigenvalue weighted by Gasteiger charge is 2.18. The molecular formula is C15H27NS. The Morgan fingerprint density at radius 3 is 2.71 bits per heavy atom. The minimum atomic E-state index is 0.332. The predicted octanol–water partition coefficient (Wildman–Crippen LogP) is 4.27. The summed E-state index contributed by atoms with van der Waals surface area (Å²) in [5.74, 6) is 1.15. The Morgan fingerprint density at radius 2 is 1.88 bits per heavy atom. The predicted molar refractivity (Wildman–Crippen MR) is 78.5 cm³/mol. The molecule has 0 spiro atoms. The van der Waals surface area contributed by atoms with Crippen LogP contribution < -0.4 is 5.73 Å². The van der Waals surface area contributed by atoms with Crippen molar-refractivity contribution < 1.29 is 0 Å². The maximum Gasteiger partial charge on any atom is 0.0345 e. The lowest BCUT2D eigenvalue weighted by Gasteiger charge is -2.19. The van der Waals surface area contributed by atoms with E-state index >= 15 is 0 Å². The molecule has 0 aromatic heterocycles. The summed E-state index contributed by atoms with van der Waals surface area (Å²) < 4.78 is 0. The summed E-state index contributed by atoms with van der Waals surface area (Å²) >= 11 is 2.13. The maximum atomic E-state index is 6.36. The molecule has 17 heavy (non-hydrogen) atoms. The van der Waals surface area contributed by atoms with Crippen molar-refractivity contribution in [3.63, 3.8) is 0 Å². The number of nitrogens with two attached hydrogens (primary N) is 1. The van der Waals surface area contributed by atoms with Crippen LogP contribution in [0, 0.1) is 0 Å². The topological polar surface area (TPSA) is 26.0 Å². The molecule has 2 rings (SSSR count). The van der Waals surface area contributed by atoms with Crippen molar-refractivity contribution in [2.45, 2.75) is 75.5 Å². The van der Waals surface area contributed by atoms with E-state index < -0.39 is 0 Å². The van der Waals surface area contributed by atoms with Crippen LogP contribution in [0.5, 0.6) is 0 Å². The molecule has 2 aliphatic rings. The van der Waals surface area contributed by atoms with Crippen LogP contribution in [0.15, 0.2) is 11.6 Å². The van der Waals surface area contributed by atoms with E-state index in [1.165, 1.54) is 64.2 Å². The van der Waals surface area contributed by atoms with Gasteiger partial charge in [0, 0.05) is 17.0 Å².